The second kappa shape index (κ2) is 6.86. The molecule has 5 heteroatoms. The zero-order chi connectivity index (χ0) is 15.5. The van der Waals surface area contributed by atoms with Crippen LogP contribution in [0.4, 0.5) is 4.39 Å². The standard InChI is InChI=1S/C16H21ClFNO2/c1-3-16(2,19-7-9-21-10-8-19)14(20)11-12-5-4-6-13(17)15(12)18/h4-6H,3,7-11H2,1-2H3. The highest BCUT2D eigenvalue weighted by Gasteiger charge is 2.38. The number of halogens is 2. The third-order valence-corrected chi connectivity index (χ3v) is 4.67. The summed E-state index contributed by atoms with van der Waals surface area (Å²) in [4.78, 5) is 14.9. The first-order valence-electron chi connectivity index (χ1n) is 7.28. The van der Waals surface area contributed by atoms with Crippen molar-refractivity contribution in [3.63, 3.8) is 0 Å². The van der Waals surface area contributed by atoms with Crippen molar-refractivity contribution in [1.29, 1.82) is 0 Å². The molecule has 1 unspecified atom stereocenters. The lowest BCUT2D eigenvalue weighted by Gasteiger charge is -2.41. The van der Waals surface area contributed by atoms with Crippen LogP contribution in [0.3, 0.4) is 0 Å². The van der Waals surface area contributed by atoms with Crippen LogP contribution in [0.25, 0.3) is 0 Å². The number of morpholine rings is 1. The number of carbonyl (C=O) groups is 1. The predicted octanol–water partition coefficient (Wildman–Crippen LogP) is 3.09. The van der Waals surface area contributed by atoms with Crippen molar-refractivity contribution in [2.24, 2.45) is 0 Å². The second-order valence-electron chi connectivity index (χ2n) is 5.54. The van der Waals surface area contributed by atoms with Crippen LogP contribution in [0.1, 0.15) is 25.8 Å². The Morgan fingerprint density at radius 2 is 2.10 bits per heavy atom. The number of benzene rings is 1. The summed E-state index contributed by atoms with van der Waals surface area (Å²) in [5.74, 6) is -0.471. The number of hydrogen-bond donors (Lipinski definition) is 0. The number of hydrogen-bond acceptors (Lipinski definition) is 3. The molecule has 0 amide bonds. The first kappa shape index (κ1) is 16.4. The van der Waals surface area contributed by atoms with Crippen molar-refractivity contribution >= 4 is 17.4 Å². The van der Waals surface area contributed by atoms with Crippen molar-refractivity contribution in [2.75, 3.05) is 26.3 Å². The Morgan fingerprint density at radius 1 is 1.43 bits per heavy atom. The minimum absolute atomic E-state index is 0.0214. The van der Waals surface area contributed by atoms with Crippen molar-refractivity contribution in [2.45, 2.75) is 32.2 Å². The fraction of sp³-hybridized carbons (Fsp3) is 0.562. The maximum Gasteiger partial charge on any atom is 0.157 e. The molecule has 1 fully saturated rings. The van der Waals surface area contributed by atoms with Crippen LogP contribution in [0, 0.1) is 5.82 Å². The summed E-state index contributed by atoms with van der Waals surface area (Å²) in [7, 11) is 0. The van der Waals surface area contributed by atoms with Crippen LogP contribution in [0.2, 0.25) is 5.02 Å². The molecule has 0 spiro atoms. The van der Waals surface area contributed by atoms with Gasteiger partial charge in [0.1, 0.15) is 5.82 Å². The molecule has 0 bridgehead atoms. The van der Waals surface area contributed by atoms with E-state index >= 15 is 0 Å². The maximum atomic E-state index is 14.0. The zero-order valence-electron chi connectivity index (χ0n) is 12.5. The highest BCUT2D eigenvalue weighted by Crippen LogP contribution is 2.26. The van der Waals surface area contributed by atoms with Crippen LogP contribution in [-0.4, -0.2) is 42.5 Å². The van der Waals surface area contributed by atoms with Gasteiger partial charge in [0.2, 0.25) is 0 Å². The van der Waals surface area contributed by atoms with E-state index in [2.05, 4.69) is 4.90 Å². The normalized spacial score (nSPS) is 19.2. The molecule has 0 N–H and O–H groups in total. The number of carbonyl (C=O) groups excluding carboxylic acids is 1. The summed E-state index contributed by atoms with van der Waals surface area (Å²) in [5, 5.41) is 0.0601. The van der Waals surface area contributed by atoms with E-state index < -0.39 is 11.4 Å². The van der Waals surface area contributed by atoms with Gasteiger partial charge in [-0.3, -0.25) is 9.69 Å². The Morgan fingerprint density at radius 3 is 2.71 bits per heavy atom. The largest absolute Gasteiger partial charge is 0.379 e. The maximum absolute atomic E-state index is 14.0. The van der Waals surface area contributed by atoms with Crippen molar-refractivity contribution in [1.82, 2.24) is 4.90 Å². The smallest absolute Gasteiger partial charge is 0.157 e. The third kappa shape index (κ3) is 3.44. The highest BCUT2D eigenvalue weighted by molar-refractivity contribution is 6.30. The lowest BCUT2D eigenvalue weighted by Crippen LogP contribution is -2.56. The average Bonchev–Trinajstić information content (AvgIpc) is 2.51. The predicted molar refractivity (Wildman–Crippen MR) is 81.2 cm³/mol. The summed E-state index contributed by atoms with van der Waals surface area (Å²) >= 11 is 5.78. The van der Waals surface area contributed by atoms with Gasteiger partial charge < -0.3 is 4.74 Å². The first-order chi connectivity index (χ1) is 9.99. The lowest BCUT2D eigenvalue weighted by molar-refractivity contribution is -0.133. The molecule has 3 nitrogen and oxygen atoms in total. The molecule has 0 radical (unpaired) electrons. The van der Waals surface area contributed by atoms with E-state index in [9.17, 15) is 9.18 Å². The Hall–Kier alpha value is -0.970. The van der Waals surface area contributed by atoms with Gasteiger partial charge in [-0.1, -0.05) is 30.7 Å². The van der Waals surface area contributed by atoms with Crippen LogP contribution in [0.15, 0.2) is 18.2 Å². The Labute approximate surface area is 130 Å². The molecule has 116 valence electrons. The molecule has 1 atom stereocenters. The third-order valence-electron chi connectivity index (χ3n) is 4.38. The van der Waals surface area contributed by atoms with E-state index in [1.165, 1.54) is 6.07 Å². The van der Waals surface area contributed by atoms with Crippen LogP contribution in [0.5, 0.6) is 0 Å². The van der Waals surface area contributed by atoms with Crippen molar-refractivity contribution < 1.29 is 13.9 Å². The van der Waals surface area contributed by atoms with Gasteiger partial charge in [-0.15, -0.1) is 0 Å². The molecular weight excluding hydrogens is 293 g/mol. The average molecular weight is 314 g/mol. The van der Waals surface area contributed by atoms with Gasteiger partial charge >= 0.3 is 0 Å². The fourth-order valence-electron chi connectivity index (χ4n) is 2.70. The molecule has 1 saturated heterocycles. The molecule has 2 rings (SSSR count). The van der Waals surface area contributed by atoms with E-state index in [4.69, 9.17) is 16.3 Å². The molecule has 0 aromatic heterocycles. The number of nitrogens with zero attached hydrogens (tertiary/aromatic N) is 1. The van der Waals surface area contributed by atoms with Crippen LogP contribution in [-0.2, 0) is 16.0 Å². The molecule has 1 aromatic rings. The Balaban J connectivity index is 2.17. The SMILES string of the molecule is CCC(C)(C(=O)Cc1cccc(Cl)c1F)N1CCOCC1. The molecule has 1 aromatic carbocycles. The number of ketones is 1. The molecule has 1 aliphatic heterocycles. The Kier molecular flexibility index (Phi) is 5.36. The van der Waals surface area contributed by atoms with Gasteiger partial charge in [-0.05, 0) is 25.0 Å². The second-order valence-corrected chi connectivity index (χ2v) is 5.95. The molecule has 0 saturated carbocycles. The minimum Gasteiger partial charge on any atom is -0.379 e. The van der Waals surface area contributed by atoms with E-state index in [1.54, 1.807) is 12.1 Å². The number of Topliss-reactive ketones (excluding diaryl/α,β-unsaturated/α-hetero) is 1. The molecule has 1 aliphatic rings. The molecule has 0 aliphatic carbocycles. The van der Waals surface area contributed by atoms with Gasteiger partial charge in [0.15, 0.2) is 5.78 Å². The van der Waals surface area contributed by atoms with Crippen LogP contribution >= 0.6 is 11.6 Å². The molecular formula is C16H21ClFNO2. The van der Waals surface area contributed by atoms with Gasteiger partial charge in [-0.25, -0.2) is 4.39 Å². The summed E-state index contributed by atoms with van der Waals surface area (Å²) < 4.78 is 19.3. The molecule has 21 heavy (non-hydrogen) atoms. The fourth-order valence-corrected chi connectivity index (χ4v) is 2.90. The van der Waals surface area contributed by atoms with E-state index in [0.29, 0.717) is 25.2 Å². The zero-order valence-corrected chi connectivity index (χ0v) is 13.3. The lowest BCUT2D eigenvalue weighted by atomic mass is 9.87. The quantitative estimate of drug-likeness (QED) is 0.836. The Bertz CT molecular complexity index is 517. The van der Waals surface area contributed by atoms with Crippen molar-refractivity contribution in [3.05, 3.63) is 34.6 Å². The van der Waals surface area contributed by atoms with Gasteiger partial charge in [0, 0.05) is 19.5 Å². The topological polar surface area (TPSA) is 29.5 Å². The molecule has 1 heterocycles. The van der Waals surface area contributed by atoms with Gasteiger partial charge in [0.05, 0.1) is 23.8 Å². The summed E-state index contributed by atoms with van der Waals surface area (Å²) in [6.07, 6.45) is 0.752. The van der Waals surface area contributed by atoms with Crippen LogP contribution < -0.4 is 0 Å². The van der Waals surface area contributed by atoms with E-state index in [0.717, 1.165) is 13.1 Å². The van der Waals surface area contributed by atoms with E-state index in [1.807, 2.05) is 13.8 Å². The highest BCUT2D eigenvalue weighted by atomic mass is 35.5. The van der Waals surface area contributed by atoms with E-state index in [-0.39, 0.29) is 17.2 Å². The summed E-state index contributed by atoms with van der Waals surface area (Å²) in [6.45, 7) is 6.65. The van der Waals surface area contributed by atoms with Gasteiger partial charge in [-0.2, -0.15) is 0 Å². The summed E-state index contributed by atoms with van der Waals surface area (Å²) in [6, 6.07) is 4.78. The number of rotatable bonds is 5. The summed E-state index contributed by atoms with van der Waals surface area (Å²) in [5.41, 5.74) is -0.223. The minimum atomic E-state index is -0.585. The van der Waals surface area contributed by atoms with Crippen molar-refractivity contribution in [3.8, 4) is 0 Å². The first-order valence-corrected chi connectivity index (χ1v) is 7.66. The number of ether oxygens (including phenoxy) is 1. The van der Waals surface area contributed by atoms with Gasteiger partial charge in [0.25, 0.3) is 0 Å². The monoisotopic (exact) mass is 313 g/mol.